The molecule has 1 heterocycles. The number of ether oxygens (including phenoxy) is 1. The topological polar surface area (TPSA) is 24.5 Å². The molecule has 1 aliphatic heterocycles. The van der Waals surface area contributed by atoms with Crippen molar-refractivity contribution in [2.75, 3.05) is 27.2 Å². The van der Waals surface area contributed by atoms with Crippen LogP contribution in [0.25, 0.3) is 10.8 Å². The molecule has 0 amide bonds. The van der Waals surface area contributed by atoms with Gasteiger partial charge in [-0.1, -0.05) is 30.3 Å². The number of likely N-dealkylation sites (N-methyl/N-ethyl adjacent to an activating group) is 1. The Labute approximate surface area is 139 Å². The first-order chi connectivity index (χ1) is 10.3. The average molecular weight is 321 g/mol. The van der Waals surface area contributed by atoms with Crippen LogP contribution >= 0.6 is 12.4 Å². The lowest BCUT2D eigenvalue weighted by molar-refractivity contribution is 0.243. The first kappa shape index (κ1) is 17.1. The second-order valence-corrected chi connectivity index (χ2v) is 5.80. The molecule has 1 saturated heterocycles. The minimum absolute atomic E-state index is 0. The molecule has 0 radical (unpaired) electrons. The molecule has 0 saturated carbocycles. The quantitative estimate of drug-likeness (QED) is 0.913. The monoisotopic (exact) mass is 320 g/mol. The molecule has 22 heavy (non-hydrogen) atoms. The molecule has 4 heteroatoms. The summed E-state index contributed by atoms with van der Waals surface area (Å²) in [6.45, 7) is 3.30. The second kappa shape index (κ2) is 7.82. The van der Waals surface area contributed by atoms with Crippen molar-refractivity contribution in [3.05, 3.63) is 42.0 Å². The van der Waals surface area contributed by atoms with Crippen LogP contribution in [-0.2, 0) is 6.54 Å². The van der Waals surface area contributed by atoms with Crippen LogP contribution in [0.1, 0.15) is 18.4 Å². The molecule has 0 spiro atoms. The van der Waals surface area contributed by atoms with Gasteiger partial charge in [0.2, 0.25) is 0 Å². The van der Waals surface area contributed by atoms with Crippen LogP contribution in [0.4, 0.5) is 0 Å². The first-order valence-electron chi connectivity index (χ1n) is 7.76. The van der Waals surface area contributed by atoms with Crippen LogP contribution in [0.15, 0.2) is 36.4 Å². The van der Waals surface area contributed by atoms with E-state index in [-0.39, 0.29) is 12.4 Å². The van der Waals surface area contributed by atoms with Gasteiger partial charge in [-0.2, -0.15) is 0 Å². The predicted molar refractivity (Wildman–Crippen MR) is 95.1 cm³/mol. The molecule has 2 aromatic rings. The van der Waals surface area contributed by atoms with Crippen LogP contribution in [-0.4, -0.2) is 38.2 Å². The van der Waals surface area contributed by atoms with Gasteiger partial charge in [0.05, 0.1) is 7.11 Å². The number of benzene rings is 2. The number of likely N-dealkylation sites (tertiary alicyclic amines) is 1. The summed E-state index contributed by atoms with van der Waals surface area (Å²) in [5.74, 6) is 0.961. The zero-order valence-electron chi connectivity index (χ0n) is 13.3. The van der Waals surface area contributed by atoms with E-state index in [9.17, 15) is 0 Å². The molecule has 3 nitrogen and oxygen atoms in total. The van der Waals surface area contributed by atoms with Crippen molar-refractivity contribution in [3.63, 3.8) is 0 Å². The Morgan fingerprint density at radius 1 is 1.18 bits per heavy atom. The third-order valence-corrected chi connectivity index (χ3v) is 4.51. The Morgan fingerprint density at radius 2 is 1.95 bits per heavy atom. The van der Waals surface area contributed by atoms with E-state index in [2.05, 4.69) is 46.6 Å². The van der Waals surface area contributed by atoms with Gasteiger partial charge in [-0.3, -0.25) is 4.90 Å². The summed E-state index contributed by atoms with van der Waals surface area (Å²) in [5, 5.41) is 5.84. The Balaban J connectivity index is 0.00000176. The molecular weight excluding hydrogens is 296 g/mol. The minimum Gasteiger partial charge on any atom is -0.496 e. The minimum atomic E-state index is 0. The fourth-order valence-corrected chi connectivity index (χ4v) is 3.44. The van der Waals surface area contributed by atoms with E-state index in [1.54, 1.807) is 7.11 Å². The molecule has 1 N–H and O–H groups in total. The molecule has 0 aliphatic carbocycles. The maximum Gasteiger partial charge on any atom is 0.126 e. The Morgan fingerprint density at radius 3 is 2.68 bits per heavy atom. The highest BCUT2D eigenvalue weighted by Crippen LogP contribution is 2.30. The molecule has 2 aromatic carbocycles. The maximum absolute atomic E-state index is 5.49. The Kier molecular flexibility index (Phi) is 6.07. The standard InChI is InChI=1S/C18H24N2O.ClH/c1-19-12-15-6-5-11-20(15)13-14-9-10-18(21-2)17-8-4-3-7-16(14)17;/h3-4,7-10,15,19H,5-6,11-13H2,1-2H3;1H. The molecule has 1 aliphatic rings. The molecule has 3 rings (SSSR count). The summed E-state index contributed by atoms with van der Waals surface area (Å²) in [5.41, 5.74) is 1.40. The number of fused-ring (bicyclic) bond motifs is 1. The number of methoxy groups -OCH3 is 1. The summed E-state index contributed by atoms with van der Waals surface area (Å²) >= 11 is 0. The van der Waals surface area contributed by atoms with E-state index in [1.807, 2.05) is 7.05 Å². The molecule has 1 atom stereocenters. The van der Waals surface area contributed by atoms with Crippen molar-refractivity contribution < 1.29 is 4.74 Å². The third kappa shape index (κ3) is 3.37. The molecular formula is C18H25ClN2O. The zero-order chi connectivity index (χ0) is 14.7. The van der Waals surface area contributed by atoms with Crippen LogP contribution in [0.2, 0.25) is 0 Å². The van der Waals surface area contributed by atoms with Gasteiger partial charge in [0.15, 0.2) is 0 Å². The highest BCUT2D eigenvalue weighted by Gasteiger charge is 2.24. The largest absolute Gasteiger partial charge is 0.496 e. The number of rotatable bonds is 5. The molecule has 120 valence electrons. The van der Waals surface area contributed by atoms with E-state index in [1.165, 1.54) is 35.7 Å². The molecule has 1 unspecified atom stereocenters. The van der Waals surface area contributed by atoms with Gasteiger partial charge in [-0.05, 0) is 43.5 Å². The summed E-state index contributed by atoms with van der Waals surface area (Å²) in [6, 6.07) is 13.5. The van der Waals surface area contributed by atoms with Crippen molar-refractivity contribution in [2.24, 2.45) is 0 Å². The summed E-state index contributed by atoms with van der Waals surface area (Å²) in [7, 11) is 3.78. The van der Waals surface area contributed by atoms with Gasteiger partial charge < -0.3 is 10.1 Å². The summed E-state index contributed by atoms with van der Waals surface area (Å²) in [4.78, 5) is 2.60. The smallest absolute Gasteiger partial charge is 0.126 e. The predicted octanol–water partition coefficient (Wildman–Crippen LogP) is 3.45. The fourth-order valence-electron chi connectivity index (χ4n) is 3.44. The summed E-state index contributed by atoms with van der Waals surface area (Å²) in [6.07, 6.45) is 2.61. The zero-order valence-corrected chi connectivity index (χ0v) is 14.2. The lowest BCUT2D eigenvalue weighted by Gasteiger charge is -2.25. The summed E-state index contributed by atoms with van der Waals surface area (Å²) < 4.78 is 5.49. The Hall–Kier alpha value is -1.29. The van der Waals surface area contributed by atoms with Crippen LogP contribution in [0.5, 0.6) is 5.75 Å². The normalized spacial score (nSPS) is 18.4. The van der Waals surface area contributed by atoms with Gasteiger partial charge in [-0.15, -0.1) is 12.4 Å². The van der Waals surface area contributed by atoms with Crippen molar-refractivity contribution in [1.29, 1.82) is 0 Å². The number of nitrogens with one attached hydrogen (secondary N) is 1. The van der Waals surface area contributed by atoms with Crippen molar-refractivity contribution in [1.82, 2.24) is 10.2 Å². The SMILES string of the molecule is CNCC1CCCN1Cc1ccc(OC)c2ccccc12.Cl. The number of hydrogen-bond acceptors (Lipinski definition) is 3. The van der Waals surface area contributed by atoms with Crippen molar-refractivity contribution in [2.45, 2.75) is 25.4 Å². The highest BCUT2D eigenvalue weighted by molar-refractivity contribution is 5.91. The number of hydrogen-bond donors (Lipinski definition) is 1. The lowest BCUT2D eigenvalue weighted by atomic mass is 10.0. The van der Waals surface area contributed by atoms with E-state index in [4.69, 9.17) is 4.74 Å². The highest BCUT2D eigenvalue weighted by atomic mass is 35.5. The average Bonchev–Trinajstić information content (AvgIpc) is 2.95. The number of halogens is 1. The van der Waals surface area contributed by atoms with E-state index in [0.717, 1.165) is 18.8 Å². The van der Waals surface area contributed by atoms with E-state index < -0.39 is 0 Å². The van der Waals surface area contributed by atoms with E-state index in [0.29, 0.717) is 6.04 Å². The Bertz CT molecular complexity index is 617. The lowest BCUT2D eigenvalue weighted by Crippen LogP contribution is -2.36. The molecule has 0 bridgehead atoms. The van der Waals surface area contributed by atoms with Crippen LogP contribution in [0.3, 0.4) is 0 Å². The molecule has 0 aromatic heterocycles. The van der Waals surface area contributed by atoms with Crippen molar-refractivity contribution >= 4 is 23.2 Å². The first-order valence-corrected chi connectivity index (χ1v) is 7.76. The van der Waals surface area contributed by atoms with E-state index >= 15 is 0 Å². The van der Waals surface area contributed by atoms with Gasteiger partial charge in [-0.25, -0.2) is 0 Å². The number of nitrogens with zero attached hydrogens (tertiary/aromatic N) is 1. The second-order valence-electron chi connectivity index (χ2n) is 5.80. The molecule has 1 fully saturated rings. The van der Waals surface area contributed by atoms with Gasteiger partial charge >= 0.3 is 0 Å². The van der Waals surface area contributed by atoms with Gasteiger partial charge in [0, 0.05) is 24.5 Å². The fraction of sp³-hybridized carbons (Fsp3) is 0.444. The van der Waals surface area contributed by atoms with Crippen LogP contribution < -0.4 is 10.1 Å². The van der Waals surface area contributed by atoms with Gasteiger partial charge in [0.1, 0.15) is 5.75 Å². The van der Waals surface area contributed by atoms with Crippen molar-refractivity contribution in [3.8, 4) is 5.75 Å². The maximum atomic E-state index is 5.49. The third-order valence-electron chi connectivity index (χ3n) is 4.51. The van der Waals surface area contributed by atoms with Crippen LogP contribution in [0, 0.1) is 0 Å². The van der Waals surface area contributed by atoms with Gasteiger partial charge in [0.25, 0.3) is 0 Å².